The average molecular weight is 482 g/mol. The summed E-state index contributed by atoms with van der Waals surface area (Å²) in [6.07, 6.45) is 3.23. The number of imidazole rings is 1. The van der Waals surface area contributed by atoms with Gasteiger partial charge < -0.3 is 14.8 Å². The highest BCUT2D eigenvalue weighted by molar-refractivity contribution is 8.00. The third-order valence-corrected chi connectivity index (χ3v) is 8.85. The van der Waals surface area contributed by atoms with Crippen LogP contribution in [0, 0.1) is 0 Å². The van der Waals surface area contributed by atoms with E-state index in [1.54, 1.807) is 37.4 Å². The molecule has 2 aromatic carbocycles. The minimum atomic E-state index is -3.29. The van der Waals surface area contributed by atoms with Gasteiger partial charge in [-0.15, -0.1) is 11.8 Å². The van der Waals surface area contributed by atoms with Gasteiger partial charge in [-0.25, -0.2) is 13.4 Å². The predicted octanol–water partition coefficient (Wildman–Crippen LogP) is 4.88. The number of hydrogen-bond donors (Lipinski definition) is 2. The SMILES string of the molecule is CCS(=O)(=O)c1ccc(Oc2cc3[nH]c(-c4ccccn4)nc3cc2C2(O)CCCS2)cc1. The molecule has 4 aromatic rings. The summed E-state index contributed by atoms with van der Waals surface area (Å²) in [4.78, 5) is 11.5. The minimum Gasteiger partial charge on any atom is -0.457 e. The van der Waals surface area contributed by atoms with E-state index in [9.17, 15) is 13.5 Å². The lowest BCUT2D eigenvalue weighted by molar-refractivity contribution is 0.132. The predicted molar refractivity (Wildman–Crippen MR) is 129 cm³/mol. The number of H-pyrrole nitrogens is 1. The van der Waals surface area contributed by atoms with E-state index in [0.717, 1.165) is 23.4 Å². The number of rotatable bonds is 6. The molecule has 3 heterocycles. The summed E-state index contributed by atoms with van der Waals surface area (Å²) in [7, 11) is -3.29. The van der Waals surface area contributed by atoms with Gasteiger partial charge in [0.05, 0.1) is 21.7 Å². The zero-order chi connectivity index (χ0) is 23.1. The lowest BCUT2D eigenvalue weighted by atomic mass is 10.0. The molecule has 170 valence electrons. The maximum absolute atomic E-state index is 12.1. The highest BCUT2D eigenvalue weighted by Crippen LogP contribution is 2.49. The molecule has 0 aliphatic carbocycles. The molecule has 1 aliphatic rings. The number of ether oxygens (including phenoxy) is 1. The van der Waals surface area contributed by atoms with E-state index in [-0.39, 0.29) is 10.6 Å². The van der Waals surface area contributed by atoms with Crippen molar-refractivity contribution in [3.8, 4) is 23.0 Å². The van der Waals surface area contributed by atoms with Gasteiger partial charge in [0, 0.05) is 17.8 Å². The van der Waals surface area contributed by atoms with Gasteiger partial charge in [-0.05, 0) is 61.1 Å². The second kappa shape index (κ2) is 8.48. The largest absolute Gasteiger partial charge is 0.457 e. The zero-order valence-electron chi connectivity index (χ0n) is 18.0. The summed E-state index contributed by atoms with van der Waals surface area (Å²) in [6, 6.07) is 15.7. The van der Waals surface area contributed by atoms with Gasteiger partial charge in [0.15, 0.2) is 15.7 Å². The molecule has 2 aromatic heterocycles. The Morgan fingerprint density at radius 1 is 1.18 bits per heavy atom. The smallest absolute Gasteiger partial charge is 0.178 e. The van der Waals surface area contributed by atoms with Crippen LogP contribution in [0.5, 0.6) is 11.5 Å². The fraction of sp³-hybridized carbons (Fsp3) is 0.250. The fourth-order valence-electron chi connectivity index (χ4n) is 3.90. The van der Waals surface area contributed by atoms with Crippen molar-refractivity contribution in [3.05, 3.63) is 66.4 Å². The van der Waals surface area contributed by atoms with Crippen LogP contribution in [-0.4, -0.2) is 40.0 Å². The molecule has 0 radical (unpaired) electrons. The van der Waals surface area contributed by atoms with Crippen molar-refractivity contribution < 1.29 is 18.3 Å². The first kappa shape index (κ1) is 21.9. The normalized spacial score (nSPS) is 18.6. The van der Waals surface area contributed by atoms with Crippen molar-refractivity contribution in [1.82, 2.24) is 15.0 Å². The van der Waals surface area contributed by atoms with E-state index < -0.39 is 14.8 Å². The van der Waals surface area contributed by atoms with Gasteiger partial charge in [-0.1, -0.05) is 13.0 Å². The van der Waals surface area contributed by atoms with E-state index in [2.05, 4.69) is 15.0 Å². The van der Waals surface area contributed by atoms with Crippen LogP contribution in [0.1, 0.15) is 25.3 Å². The molecule has 9 heteroatoms. The van der Waals surface area contributed by atoms with Crippen LogP contribution in [0.15, 0.2) is 65.7 Å². The van der Waals surface area contributed by atoms with Gasteiger partial charge in [-0.2, -0.15) is 0 Å². The van der Waals surface area contributed by atoms with Crippen LogP contribution >= 0.6 is 11.8 Å². The second-order valence-electron chi connectivity index (χ2n) is 7.88. The lowest BCUT2D eigenvalue weighted by Crippen LogP contribution is -2.18. The molecule has 5 rings (SSSR count). The Bertz CT molecular complexity index is 1400. The Labute approximate surface area is 196 Å². The van der Waals surface area contributed by atoms with Crippen LogP contribution in [0.2, 0.25) is 0 Å². The molecule has 0 amide bonds. The number of pyridine rings is 1. The van der Waals surface area contributed by atoms with Gasteiger partial charge in [0.2, 0.25) is 0 Å². The van der Waals surface area contributed by atoms with Crippen LogP contribution in [0.3, 0.4) is 0 Å². The molecular weight excluding hydrogens is 458 g/mol. The van der Waals surface area contributed by atoms with E-state index in [4.69, 9.17) is 4.74 Å². The number of aromatic amines is 1. The van der Waals surface area contributed by atoms with Crippen molar-refractivity contribution >= 4 is 32.6 Å². The molecule has 7 nitrogen and oxygen atoms in total. The summed E-state index contributed by atoms with van der Waals surface area (Å²) < 4.78 is 30.4. The maximum atomic E-state index is 12.1. The number of aromatic nitrogens is 3. The maximum Gasteiger partial charge on any atom is 0.178 e. The quantitative estimate of drug-likeness (QED) is 0.404. The number of fused-ring (bicyclic) bond motifs is 1. The summed E-state index contributed by atoms with van der Waals surface area (Å²) in [5.41, 5.74) is 2.84. The van der Waals surface area contributed by atoms with Gasteiger partial charge in [0.25, 0.3) is 0 Å². The van der Waals surface area contributed by atoms with E-state index in [1.165, 1.54) is 11.8 Å². The molecule has 1 saturated heterocycles. The molecule has 0 spiro atoms. The molecular formula is C24H23N3O4S2. The Morgan fingerprint density at radius 3 is 2.67 bits per heavy atom. The van der Waals surface area contributed by atoms with Crippen molar-refractivity contribution in [2.45, 2.75) is 29.6 Å². The van der Waals surface area contributed by atoms with Crippen molar-refractivity contribution in [2.24, 2.45) is 0 Å². The summed E-state index contributed by atoms with van der Waals surface area (Å²) >= 11 is 1.49. The molecule has 2 N–H and O–H groups in total. The Morgan fingerprint density at radius 2 is 2.00 bits per heavy atom. The molecule has 1 fully saturated rings. The first-order chi connectivity index (χ1) is 15.9. The van der Waals surface area contributed by atoms with E-state index >= 15 is 0 Å². The summed E-state index contributed by atoms with van der Waals surface area (Å²) in [5.74, 6) is 2.52. The average Bonchev–Trinajstić information content (AvgIpc) is 3.46. The highest BCUT2D eigenvalue weighted by Gasteiger charge is 2.37. The van der Waals surface area contributed by atoms with Crippen LogP contribution < -0.4 is 4.74 Å². The zero-order valence-corrected chi connectivity index (χ0v) is 19.6. The third-order valence-electron chi connectivity index (χ3n) is 5.70. The van der Waals surface area contributed by atoms with E-state index in [1.807, 2.05) is 30.3 Å². The standard InChI is InChI=1S/C24H23N3O4S2/c1-2-33(29,30)17-9-7-16(8-10-17)31-22-15-21-20(14-18(22)24(28)11-5-13-32-24)26-23(27-21)19-6-3-4-12-25-19/h3-4,6-10,12,14-15,28H,2,5,11,13H2,1H3,(H,26,27). The number of sulfone groups is 1. The van der Waals surface area contributed by atoms with Crippen molar-refractivity contribution in [2.75, 3.05) is 11.5 Å². The topological polar surface area (TPSA) is 105 Å². The van der Waals surface area contributed by atoms with Gasteiger partial charge in [-0.3, -0.25) is 4.98 Å². The van der Waals surface area contributed by atoms with Gasteiger partial charge >= 0.3 is 0 Å². The third kappa shape index (κ3) is 4.23. The first-order valence-electron chi connectivity index (χ1n) is 10.7. The monoisotopic (exact) mass is 481 g/mol. The molecule has 1 unspecified atom stereocenters. The summed E-state index contributed by atoms with van der Waals surface area (Å²) in [5, 5.41) is 11.3. The summed E-state index contributed by atoms with van der Waals surface area (Å²) in [6.45, 7) is 1.62. The van der Waals surface area contributed by atoms with Crippen molar-refractivity contribution in [3.63, 3.8) is 0 Å². The molecule has 33 heavy (non-hydrogen) atoms. The van der Waals surface area contributed by atoms with E-state index in [0.29, 0.717) is 34.8 Å². The highest BCUT2D eigenvalue weighted by atomic mass is 32.2. The number of nitrogens with zero attached hydrogens (tertiary/aromatic N) is 2. The van der Waals surface area contributed by atoms with Crippen LogP contribution in [0.4, 0.5) is 0 Å². The molecule has 0 bridgehead atoms. The molecule has 1 aliphatic heterocycles. The Kier molecular flexibility index (Phi) is 5.64. The minimum absolute atomic E-state index is 0.0384. The first-order valence-corrected chi connectivity index (χ1v) is 13.3. The number of nitrogens with one attached hydrogen (secondary N) is 1. The van der Waals surface area contributed by atoms with Crippen LogP contribution in [-0.2, 0) is 14.8 Å². The fourth-order valence-corrected chi connectivity index (χ4v) is 6.01. The van der Waals surface area contributed by atoms with Crippen molar-refractivity contribution in [1.29, 1.82) is 0 Å². The number of hydrogen-bond acceptors (Lipinski definition) is 7. The number of benzene rings is 2. The number of thioether (sulfide) groups is 1. The molecule has 0 saturated carbocycles. The van der Waals surface area contributed by atoms with Crippen LogP contribution in [0.25, 0.3) is 22.6 Å². The second-order valence-corrected chi connectivity index (χ2v) is 11.5. The number of aliphatic hydroxyl groups is 1. The Balaban J connectivity index is 1.57. The van der Waals surface area contributed by atoms with Gasteiger partial charge in [0.1, 0.15) is 22.1 Å². The lowest BCUT2D eigenvalue weighted by Gasteiger charge is -2.24. The Hall–Kier alpha value is -2.88. The molecule has 1 atom stereocenters.